The summed E-state index contributed by atoms with van der Waals surface area (Å²) in [7, 11) is 0. The van der Waals surface area contributed by atoms with Crippen LogP contribution in [-0.4, -0.2) is 66.1 Å². The Labute approximate surface area is 144 Å². The van der Waals surface area contributed by atoms with E-state index in [0.29, 0.717) is 12.5 Å². The van der Waals surface area contributed by atoms with Gasteiger partial charge in [-0.3, -0.25) is 4.79 Å². The average Bonchev–Trinajstić information content (AvgIpc) is 2.57. The topological polar surface area (TPSA) is 48.5 Å². The number of pyridine rings is 1. The van der Waals surface area contributed by atoms with Gasteiger partial charge in [-0.1, -0.05) is 0 Å². The molecule has 5 nitrogen and oxygen atoms in total. The molecule has 1 N–H and O–H groups in total. The molecule has 0 bridgehead atoms. The predicted octanol–water partition coefficient (Wildman–Crippen LogP) is 1.59. The third-order valence-electron chi connectivity index (χ3n) is 4.09. The second kappa shape index (κ2) is 7.66. The molecule has 1 unspecified atom stereocenters. The van der Waals surface area contributed by atoms with Crippen molar-refractivity contribution < 1.29 is 4.79 Å². The summed E-state index contributed by atoms with van der Waals surface area (Å²) in [4.78, 5) is 21.1. The van der Waals surface area contributed by atoms with Gasteiger partial charge in [-0.15, -0.1) is 0 Å². The number of hydrogen-bond donors (Lipinski definition) is 1. The number of anilines is 1. The fourth-order valence-electron chi connectivity index (χ4n) is 2.83. The molecular formula is C15H21BrN4OS. The second-order valence-corrected chi connectivity index (χ2v) is 7.70. The van der Waals surface area contributed by atoms with Crippen LogP contribution in [0.15, 0.2) is 22.8 Å². The number of nitrogens with one attached hydrogen (secondary N) is 1. The first-order valence-corrected chi connectivity index (χ1v) is 9.62. The second-order valence-electron chi connectivity index (χ2n) is 5.63. The number of aromatic nitrogens is 1. The number of carbonyl (C=O) groups is 1. The van der Waals surface area contributed by atoms with Gasteiger partial charge in [0.25, 0.3) is 0 Å². The van der Waals surface area contributed by atoms with E-state index in [4.69, 9.17) is 0 Å². The summed E-state index contributed by atoms with van der Waals surface area (Å²) < 4.78 is 0.989. The van der Waals surface area contributed by atoms with Crippen LogP contribution in [-0.2, 0) is 4.79 Å². The van der Waals surface area contributed by atoms with Crippen molar-refractivity contribution in [2.75, 3.05) is 49.1 Å². The van der Waals surface area contributed by atoms with Gasteiger partial charge < -0.3 is 15.1 Å². The summed E-state index contributed by atoms with van der Waals surface area (Å²) in [6.07, 6.45) is 2.45. The maximum absolute atomic E-state index is 12.4. The fourth-order valence-corrected chi connectivity index (χ4v) is 4.01. The molecule has 1 aromatic heterocycles. The lowest BCUT2D eigenvalue weighted by Gasteiger charge is -2.36. The summed E-state index contributed by atoms with van der Waals surface area (Å²) in [5.41, 5.74) is 0. The van der Waals surface area contributed by atoms with E-state index >= 15 is 0 Å². The first-order valence-electron chi connectivity index (χ1n) is 7.68. The first-order chi connectivity index (χ1) is 10.7. The zero-order valence-corrected chi connectivity index (χ0v) is 14.9. The van der Waals surface area contributed by atoms with Crippen LogP contribution >= 0.6 is 27.7 Å². The molecule has 0 spiro atoms. The van der Waals surface area contributed by atoms with Crippen molar-refractivity contribution in [3.05, 3.63) is 22.8 Å². The number of carbonyl (C=O) groups excluding carboxylic acids is 1. The number of nitrogens with zero attached hydrogens (tertiary/aromatic N) is 3. The van der Waals surface area contributed by atoms with E-state index in [1.54, 1.807) is 0 Å². The van der Waals surface area contributed by atoms with Gasteiger partial charge in [0.05, 0.1) is 0 Å². The van der Waals surface area contributed by atoms with Crippen molar-refractivity contribution in [1.82, 2.24) is 15.2 Å². The zero-order chi connectivity index (χ0) is 15.4. The summed E-state index contributed by atoms with van der Waals surface area (Å²) in [6.45, 7) is 4.30. The largest absolute Gasteiger partial charge is 0.353 e. The molecule has 0 saturated carbocycles. The molecule has 0 radical (unpaired) electrons. The SMILES string of the molecule is O=C(CC1CSCCN1)N1CCN(c2ccc(Br)cn2)CC1. The summed E-state index contributed by atoms with van der Waals surface area (Å²) in [6, 6.07) is 4.37. The van der Waals surface area contributed by atoms with Crippen LogP contribution in [0.1, 0.15) is 6.42 Å². The molecule has 120 valence electrons. The van der Waals surface area contributed by atoms with Crippen molar-refractivity contribution >= 4 is 39.4 Å². The highest BCUT2D eigenvalue weighted by Gasteiger charge is 2.24. The highest BCUT2D eigenvalue weighted by Crippen LogP contribution is 2.17. The van der Waals surface area contributed by atoms with E-state index in [1.807, 2.05) is 35.0 Å². The van der Waals surface area contributed by atoms with Crippen LogP contribution in [0.3, 0.4) is 0 Å². The maximum Gasteiger partial charge on any atom is 0.224 e. The highest BCUT2D eigenvalue weighted by atomic mass is 79.9. The molecule has 1 aromatic rings. The number of rotatable bonds is 3. The fraction of sp³-hybridized carbons (Fsp3) is 0.600. The third kappa shape index (κ3) is 4.14. The highest BCUT2D eigenvalue weighted by molar-refractivity contribution is 9.10. The lowest BCUT2D eigenvalue weighted by molar-refractivity contribution is -0.131. The molecule has 1 amide bonds. The van der Waals surface area contributed by atoms with Crippen LogP contribution in [0.25, 0.3) is 0 Å². The molecule has 2 saturated heterocycles. The van der Waals surface area contributed by atoms with Crippen LogP contribution in [0.4, 0.5) is 5.82 Å². The lowest BCUT2D eigenvalue weighted by Crippen LogP contribution is -2.51. The quantitative estimate of drug-likeness (QED) is 0.857. The normalized spacial score (nSPS) is 22.7. The molecule has 0 aromatic carbocycles. The van der Waals surface area contributed by atoms with Crippen molar-refractivity contribution in [2.45, 2.75) is 12.5 Å². The summed E-state index contributed by atoms with van der Waals surface area (Å²) >= 11 is 5.34. The van der Waals surface area contributed by atoms with Crippen molar-refractivity contribution in [3.8, 4) is 0 Å². The Balaban J connectivity index is 1.48. The number of thioether (sulfide) groups is 1. The first kappa shape index (κ1) is 16.1. The Hall–Kier alpha value is -0.790. The molecule has 3 heterocycles. The van der Waals surface area contributed by atoms with Crippen LogP contribution < -0.4 is 10.2 Å². The van der Waals surface area contributed by atoms with E-state index in [0.717, 1.165) is 54.5 Å². The number of hydrogen-bond acceptors (Lipinski definition) is 5. The minimum atomic E-state index is 0.281. The molecule has 2 aliphatic rings. The monoisotopic (exact) mass is 384 g/mol. The molecule has 7 heteroatoms. The molecule has 1 atom stereocenters. The lowest BCUT2D eigenvalue weighted by atomic mass is 10.2. The van der Waals surface area contributed by atoms with Crippen molar-refractivity contribution in [3.63, 3.8) is 0 Å². The Morgan fingerprint density at radius 1 is 1.36 bits per heavy atom. The van der Waals surface area contributed by atoms with Gasteiger partial charge in [0.2, 0.25) is 5.91 Å². The molecule has 2 aliphatic heterocycles. The minimum Gasteiger partial charge on any atom is -0.353 e. The van der Waals surface area contributed by atoms with E-state index in [1.165, 1.54) is 0 Å². The maximum atomic E-state index is 12.4. The number of halogens is 1. The zero-order valence-electron chi connectivity index (χ0n) is 12.5. The smallest absolute Gasteiger partial charge is 0.224 e. The van der Waals surface area contributed by atoms with Gasteiger partial charge in [0, 0.05) is 67.4 Å². The van der Waals surface area contributed by atoms with Gasteiger partial charge in [-0.05, 0) is 28.1 Å². The number of amides is 1. The van der Waals surface area contributed by atoms with E-state index in [9.17, 15) is 4.79 Å². The van der Waals surface area contributed by atoms with Crippen LogP contribution in [0, 0.1) is 0 Å². The van der Waals surface area contributed by atoms with Crippen molar-refractivity contribution in [2.24, 2.45) is 0 Å². The van der Waals surface area contributed by atoms with Gasteiger partial charge in [0.15, 0.2) is 0 Å². The van der Waals surface area contributed by atoms with E-state index in [2.05, 4.69) is 31.1 Å². The molecule has 22 heavy (non-hydrogen) atoms. The Morgan fingerprint density at radius 2 is 2.18 bits per heavy atom. The Morgan fingerprint density at radius 3 is 2.82 bits per heavy atom. The van der Waals surface area contributed by atoms with Gasteiger partial charge in [0.1, 0.15) is 5.82 Å². The minimum absolute atomic E-state index is 0.281. The number of piperazine rings is 1. The third-order valence-corrected chi connectivity index (χ3v) is 5.69. The van der Waals surface area contributed by atoms with E-state index in [-0.39, 0.29) is 5.91 Å². The summed E-state index contributed by atoms with van der Waals surface area (Å²) in [5, 5.41) is 3.44. The molecule has 0 aliphatic carbocycles. The molecule has 3 rings (SSSR count). The van der Waals surface area contributed by atoms with Gasteiger partial charge in [-0.2, -0.15) is 11.8 Å². The van der Waals surface area contributed by atoms with Crippen LogP contribution in [0.5, 0.6) is 0 Å². The standard InChI is InChI=1S/C15H21BrN4OS/c16-12-1-2-14(18-10-12)19-4-6-20(7-5-19)15(21)9-13-11-22-8-3-17-13/h1-2,10,13,17H,3-9,11H2. The summed E-state index contributed by atoms with van der Waals surface area (Å²) in [5.74, 6) is 3.47. The Kier molecular flexibility index (Phi) is 5.60. The Bertz CT molecular complexity index is 499. The average molecular weight is 385 g/mol. The van der Waals surface area contributed by atoms with Gasteiger partial charge >= 0.3 is 0 Å². The molecular weight excluding hydrogens is 364 g/mol. The van der Waals surface area contributed by atoms with Crippen LogP contribution in [0.2, 0.25) is 0 Å². The molecule has 2 fully saturated rings. The van der Waals surface area contributed by atoms with E-state index < -0.39 is 0 Å². The van der Waals surface area contributed by atoms with Gasteiger partial charge in [-0.25, -0.2) is 4.98 Å². The van der Waals surface area contributed by atoms with Crippen molar-refractivity contribution in [1.29, 1.82) is 0 Å². The predicted molar refractivity (Wildman–Crippen MR) is 94.5 cm³/mol.